The van der Waals surface area contributed by atoms with Crippen molar-refractivity contribution in [2.24, 2.45) is 11.8 Å². The first-order valence-corrected chi connectivity index (χ1v) is 5.08. The Hall–Kier alpha value is -0.330. The van der Waals surface area contributed by atoms with Crippen molar-refractivity contribution in [3.05, 3.63) is 0 Å². The number of hydrogen-bond donors (Lipinski definition) is 2. The van der Waals surface area contributed by atoms with Gasteiger partial charge in [0.15, 0.2) is 0 Å². The molecular formula is C9H17F3N2O. The summed E-state index contributed by atoms with van der Waals surface area (Å²) in [5.41, 5.74) is 2.42. The van der Waals surface area contributed by atoms with E-state index in [1.165, 1.54) is 0 Å². The van der Waals surface area contributed by atoms with E-state index < -0.39 is 18.6 Å². The molecule has 0 aromatic carbocycles. The lowest BCUT2D eigenvalue weighted by Crippen LogP contribution is -2.46. The second kappa shape index (κ2) is 5.14. The van der Waals surface area contributed by atoms with Crippen molar-refractivity contribution >= 4 is 0 Å². The first-order valence-electron chi connectivity index (χ1n) is 5.08. The first-order chi connectivity index (χ1) is 6.94. The first kappa shape index (κ1) is 12.7. The van der Waals surface area contributed by atoms with E-state index in [0.717, 1.165) is 6.42 Å². The van der Waals surface area contributed by atoms with Gasteiger partial charge in [0.05, 0.1) is 6.10 Å². The normalized spacial score (nSPS) is 29.4. The molecule has 0 amide bonds. The third-order valence-electron chi connectivity index (χ3n) is 2.79. The van der Waals surface area contributed by atoms with Gasteiger partial charge in [-0.05, 0) is 18.8 Å². The zero-order valence-electron chi connectivity index (χ0n) is 8.68. The van der Waals surface area contributed by atoms with Crippen molar-refractivity contribution < 1.29 is 17.9 Å². The number of rotatable bonds is 4. The summed E-state index contributed by atoms with van der Waals surface area (Å²) in [6.45, 7) is 2.58. The molecule has 1 rings (SSSR count). The fourth-order valence-electron chi connectivity index (χ4n) is 1.89. The van der Waals surface area contributed by atoms with Gasteiger partial charge in [-0.25, -0.2) is 0 Å². The van der Waals surface area contributed by atoms with E-state index in [1.807, 2.05) is 6.92 Å². The Morgan fingerprint density at radius 2 is 2.20 bits per heavy atom. The zero-order valence-corrected chi connectivity index (χ0v) is 8.68. The van der Waals surface area contributed by atoms with Crippen LogP contribution in [0.25, 0.3) is 0 Å². The molecule has 3 N–H and O–H groups in total. The predicted octanol–water partition coefficient (Wildman–Crippen LogP) is 1.59. The van der Waals surface area contributed by atoms with Gasteiger partial charge in [0.2, 0.25) is 0 Å². The molecule has 1 aliphatic rings. The van der Waals surface area contributed by atoms with Gasteiger partial charge in [-0.3, -0.25) is 11.3 Å². The molecule has 0 radical (unpaired) electrons. The van der Waals surface area contributed by atoms with Crippen LogP contribution in [-0.4, -0.2) is 24.9 Å². The molecule has 0 aliphatic carbocycles. The molecule has 6 heteroatoms. The van der Waals surface area contributed by atoms with Crippen LogP contribution in [0.4, 0.5) is 13.2 Å². The molecule has 0 spiro atoms. The highest BCUT2D eigenvalue weighted by molar-refractivity contribution is 4.84. The molecule has 0 saturated carbocycles. The molecule has 3 atom stereocenters. The minimum atomic E-state index is -4.13. The Kier molecular flexibility index (Phi) is 4.36. The van der Waals surface area contributed by atoms with Gasteiger partial charge in [-0.2, -0.15) is 13.2 Å². The molecule has 0 aromatic heterocycles. The number of hydrazine groups is 1. The summed E-state index contributed by atoms with van der Waals surface area (Å²) >= 11 is 0. The summed E-state index contributed by atoms with van der Waals surface area (Å²) in [6, 6.07) is -0.413. The average Bonchev–Trinajstić information content (AvgIpc) is 2.52. The van der Waals surface area contributed by atoms with Crippen molar-refractivity contribution in [1.29, 1.82) is 0 Å². The minimum Gasteiger partial charge on any atom is -0.376 e. The van der Waals surface area contributed by atoms with Crippen LogP contribution in [0.3, 0.4) is 0 Å². The number of halogens is 3. The molecule has 3 unspecified atom stereocenters. The highest BCUT2D eigenvalue weighted by atomic mass is 19.4. The van der Waals surface area contributed by atoms with Gasteiger partial charge in [0.1, 0.15) is 0 Å². The Morgan fingerprint density at radius 3 is 2.60 bits per heavy atom. The van der Waals surface area contributed by atoms with E-state index in [2.05, 4.69) is 5.43 Å². The standard InChI is InChI=1S/C9H17F3N2O/c1-6-3-5-15-8(6)7(14-13)2-4-9(10,11)12/h6-8,14H,2-5,13H2,1H3. The summed E-state index contributed by atoms with van der Waals surface area (Å²) in [4.78, 5) is 0. The van der Waals surface area contributed by atoms with Gasteiger partial charge in [0, 0.05) is 19.1 Å². The van der Waals surface area contributed by atoms with Crippen LogP contribution in [0.1, 0.15) is 26.2 Å². The van der Waals surface area contributed by atoms with E-state index in [9.17, 15) is 13.2 Å². The maximum absolute atomic E-state index is 12.0. The van der Waals surface area contributed by atoms with E-state index in [1.54, 1.807) is 0 Å². The number of hydrogen-bond acceptors (Lipinski definition) is 3. The van der Waals surface area contributed by atoms with E-state index in [0.29, 0.717) is 6.61 Å². The minimum absolute atomic E-state index is 0.0327. The summed E-state index contributed by atoms with van der Waals surface area (Å²) in [6.07, 6.45) is -4.30. The summed E-state index contributed by atoms with van der Waals surface area (Å²) in [5, 5.41) is 0. The third kappa shape index (κ3) is 3.96. The molecule has 0 aromatic rings. The lowest BCUT2D eigenvalue weighted by atomic mass is 9.95. The van der Waals surface area contributed by atoms with Gasteiger partial charge in [-0.1, -0.05) is 6.92 Å². The Balaban J connectivity index is 2.41. The van der Waals surface area contributed by atoms with Crippen LogP contribution >= 0.6 is 0 Å². The van der Waals surface area contributed by atoms with E-state index >= 15 is 0 Å². The van der Waals surface area contributed by atoms with Crippen molar-refractivity contribution in [2.75, 3.05) is 6.61 Å². The molecule has 1 heterocycles. The molecule has 1 fully saturated rings. The molecule has 3 nitrogen and oxygen atoms in total. The van der Waals surface area contributed by atoms with Crippen molar-refractivity contribution in [1.82, 2.24) is 5.43 Å². The van der Waals surface area contributed by atoms with Crippen molar-refractivity contribution in [3.63, 3.8) is 0 Å². The quantitative estimate of drug-likeness (QED) is 0.565. The molecular weight excluding hydrogens is 209 g/mol. The number of ether oxygens (including phenoxy) is 1. The van der Waals surface area contributed by atoms with E-state index in [-0.39, 0.29) is 18.4 Å². The maximum Gasteiger partial charge on any atom is 0.389 e. The topological polar surface area (TPSA) is 47.3 Å². The fourth-order valence-corrected chi connectivity index (χ4v) is 1.89. The highest BCUT2D eigenvalue weighted by Crippen LogP contribution is 2.28. The van der Waals surface area contributed by atoms with Crippen LogP contribution in [0, 0.1) is 5.92 Å². The molecule has 90 valence electrons. The Morgan fingerprint density at radius 1 is 1.53 bits per heavy atom. The van der Waals surface area contributed by atoms with Crippen LogP contribution in [-0.2, 0) is 4.74 Å². The molecule has 1 saturated heterocycles. The summed E-state index contributed by atoms with van der Waals surface area (Å²) in [5.74, 6) is 5.51. The fraction of sp³-hybridized carbons (Fsp3) is 1.00. The van der Waals surface area contributed by atoms with Crippen molar-refractivity contribution in [2.45, 2.75) is 44.5 Å². The van der Waals surface area contributed by atoms with Crippen LogP contribution in [0.5, 0.6) is 0 Å². The SMILES string of the molecule is CC1CCOC1C(CCC(F)(F)F)NN. The van der Waals surface area contributed by atoms with E-state index in [4.69, 9.17) is 10.6 Å². The second-order valence-electron chi connectivity index (χ2n) is 4.03. The number of nitrogens with one attached hydrogen (secondary N) is 1. The van der Waals surface area contributed by atoms with Gasteiger partial charge in [0.25, 0.3) is 0 Å². The lowest BCUT2D eigenvalue weighted by Gasteiger charge is -2.25. The third-order valence-corrected chi connectivity index (χ3v) is 2.79. The smallest absolute Gasteiger partial charge is 0.376 e. The molecule has 15 heavy (non-hydrogen) atoms. The Bertz CT molecular complexity index is 198. The number of alkyl halides is 3. The summed E-state index contributed by atoms with van der Waals surface area (Å²) < 4.78 is 41.5. The lowest BCUT2D eigenvalue weighted by molar-refractivity contribution is -0.138. The maximum atomic E-state index is 12.0. The van der Waals surface area contributed by atoms with Gasteiger partial charge in [-0.15, -0.1) is 0 Å². The molecule has 1 aliphatic heterocycles. The highest BCUT2D eigenvalue weighted by Gasteiger charge is 2.35. The zero-order chi connectivity index (χ0) is 11.5. The Labute approximate surface area is 87.1 Å². The monoisotopic (exact) mass is 226 g/mol. The molecule has 0 bridgehead atoms. The van der Waals surface area contributed by atoms with Crippen LogP contribution < -0.4 is 11.3 Å². The van der Waals surface area contributed by atoms with Crippen molar-refractivity contribution in [3.8, 4) is 0 Å². The van der Waals surface area contributed by atoms with Gasteiger partial charge >= 0.3 is 6.18 Å². The van der Waals surface area contributed by atoms with Crippen LogP contribution in [0.15, 0.2) is 0 Å². The average molecular weight is 226 g/mol. The summed E-state index contributed by atoms with van der Waals surface area (Å²) in [7, 11) is 0. The predicted molar refractivity (Wildman–Crippen MR) is 49.9 cm³/mol. The largest absolute Gasteiger partial charge is 0.389 e. The number of nitrogens with two attached hydrogens (primary N) is 1. The second-order valence-corrected chi connectivity index (χ2v) is 4.03. The van der Waals surface area contributed by atoms with Gasteiger partial charge < -0.3 is 4.74 Å². The van der Waals surface area contributed by atoms with Crippen LogP contribution in [0.2, 0.25) is 0 Å².